The van der Waals surface area contributed by atoms with Crippen molar-refractivity contribution < 1.29 is 9.53 Å². The maximum Gasteiger partial charge on any atom is 0.305 e. The lowest BCUT2D eigenvalue weighted by Gasteiger charge is -2.10. The molecular weight excluding hydrogens is 293 g/mol. The van der Waals surface area contributed by atoms with Gasteiger partial charge in [0.2, 0.25) is 0 Å². The number of hydrogen-bond donors (Lipinski definition) is 1. The van der Waals surface area contributed by atoms with Crippen LogP contribution in [0.3, 0.4) is 0 Å². The first-order valence-corrected chi connectivity index (χ1v) is 7.47. The number of ether oxygens (including phenoxy) is 1. The molecule has 0 fully saturated rings. The van der Waals surface area contributed by atoms with Gasteiger partial charge < -0.3 is 10.5 Å². The van der Waals surface area contributed by atoms with Crippen molar-refractivity contribution in [3.63, 3.8) is 0 Å². The number of unbranched alkanes of at least 4 members (excludes halogenated alkanes) is 1. The Bertz CT molecular complexity index is 395. The van der Waals surface area contributed by atoms with Crippen LogP contribution < -0.4 is 5.73 Å². The summed E-state index contributed by atoms with van der Waals surface area (Å²) in [4.78, 5) is 11.1. The van der Waals surface area contributed by atoms with E-state index in [-0.39, 0.29) is 12.0 Å². The number of halogens is 2. The van der Waals surface area contributed by atoms with Crippen LogP contribution in [0.5, 0.6) is 0 Å². The summed E-state index contributed by atoms with van der Waals surface area (Å²) in [6.45, 7) is 2.23. The highest BCUT2D eigenvalue weighted by molar-refractivity contribution is 7.20. The monoisotopic (exact) mass is 309 g/mol. The van der Waals surface area contributed by atoms with Gasteiger partial charge in [-0.2, -0.15) is 0 Å². The van der Waals surface area contributed by atoms with E-state index in [0.29, 0.717) is 21.7 Å². The Kier molecular flexibility index (Phi) is 7.00. The van der Waals surface area contributed by atoms with Crippen molar-refractivity contribution in [3.8, 4) is 0 Å². The molecule has 3 nitrogen and oxygen atoms in total. The molecule has 0 aliphatic heterocycles. The molecule has 0 radical (unpaired) electrons. The zero-order valence-corrected chi connectivity index (χ0v) is 12.6. The maximum atomic E-state index is 11.1. The van der Waals surface area contributed by atoms with Crippen molar-refractivity contribution in [1.29, 1.82) is 0 Å². The highest BCUT2D eigenvalue weighted by Gasteiger charge is 2.13. The quantitative estimate of drug-likeness (QED) is 0.607. The van der Waals surface area contributed by atoms with Crippen LogP contribution in [-0.4, -0.2) is 12.6 Å². The van der Waals surface area contributed by atoms with E-state index in [0.717, 1.165) is 24.8 Å². The lowest BCUT2D eigenvalue weighted by Crippen LogP contribution is -2.10. The molecule has 0 saturated heterocycles. The van der Waals surface area contributed by atoms with E-state index in [1.54, 1.807) is 6.92 Å². The largest absolute Gasteiger partial charge is 0.466 e. The normalized spacial score (nSPS) is 12.4. The third kappa shape index (κ3) is 5.14. The zero-order chi connectivity index (χ0) is 13.5. The molecule has 0 saturated carbocycles. The first-order chi connectivity index (χ1) is 8.54. The van der Waals surface area contributed by atoms with E-state index < -0.39 is 0 Å². The summed E-state index contributed by atoms with van der Waals surface area (Å²) >= 11 is 13.2. The van der Waals surface area contributed by atoms with Gasteiger partial charge in [-0.05, 0) is 31.4 Å². The van der Waals surface area contributed by atoms with Crippen LogP contribution in [0, 0.1) is 0 Å². The minimum absolute atomic E-state index is 0.122. The molecule has 0 aliphatic rings. The Morgan fingerprint density at radius 2 is 2.22 bits per heavy atom. The zero-order valence-electron chi connectivity index (χ0n) is 10.2. The first-order valence-electron chi connectivity index (χ1n) is 5.90. The van der Waals surface area contributed by atoms with Crippen LogP contribution in [-0.2, 0) is 9.53 Å². The second-order valence-corrected chi connectivity index (χ2v) is 6.22. The number of esters is 1. The fourth-order valence-electron chi connectivity index (χ4n) is 1.63. The van der Waals surface area contributed by atoms with Gasteiger partial charge in [0.05, 0.1) is 15.3 Å². The van der Waals surface area contributed by atoms with Crippen molar-refractivity contribution >= 4 is 40.5 Å². The molecule has 1 atom stereocenters. The van der Waals surface area contributed by atoms with E-state index in [4.69, 9.17) is 33.7 Å². The van der Waals surface area contributed by atoms with Gasteiger partial charge in [0.15, 0.2) is 0 Å². The third-order valence-corrected chi connectivity index (χ3v) is 4.05. The van der Waals surface area contributed by atoms with Crippen molar-refractivity contribution in [2.45, 2.75) is 38.6 Å². The predicted octanol–water partition coefficient (Wildman–Crippen LogP) is 4.18. The molecule has 1 aromatic heterocycles. The predicted molar refractivity (Wildman–Crippen MR) is 76.4 cm³/mol. The molecule has 0 aliphatic carbocycles. The van der Waals surface area contributed by atoms with E-state index in [1.807, 2.05) is 6.07 Å². The summed E-state index contributed by atoms with van der Waals surface area (Å²) in [5, 5.41) is 0. The fourth-order valence-corrected chi connectivity index (χ4v) is 3.22. The minimum Gasteiger partial charge on any atom is -0.466 e. The smallest absolute Gasteiger partial charge is 0.305 e. The van der Waals surface area contributed by atoms with E-state index in [2.05, 4.69) is 0 Å². The molecule has 0 spiro atoms. The van der Waals surface area contributed by atoms with Crippen molar-refractivity contribution in [2.75, 3.05) is 6.61 Å². The lowest BCUT2D eigenvalue weighted by molar-refractivity contribution is -0.143. The summed E-state index contributed by atoms with van der Waals surface area (Å²) in [7, 11) is 0. The van der Waals surface area contributed by atoms with E-state index >= 15 is 0 Å². The summed E-state index contributed by atoms with van der Waals surface area (Å²) in [6, 6.07) is 1.69. The van der Waals surface area contributed by atoms with Crippen LogP contribution >= 0.6 is 34.5 Å². The lowest BCUT2D eigenvalue weighted by atomic mass is 10.0. The molecule has 1 aromatic rings. The van der Waals surface area contributed by atoms with Crippen LogP contribution in [0.1, 0.15) is 44.2 Å². The average molecular weight is 310 g/mol. The first kappa shape index (κ1) is 15.8. The highest BCUT2D eigenvalue weighted by atomic mass is 35.5. The van der Waals surface area contributed by atoms with Crippen LogP contribution in [0.4, 0.5) is 0 Å². The number of rotatable bonds is 7. The molecule has 0 bridgehead atoms. The Labute approximate surface area is 121 Å². The minimum atomic E-state index is -0.150. The number of hydrogen-bond acceptors (Lipinski definition) is 4. The molecule has 102 valence electrons. The van der Waals surface area contributed by atoms with Gasteiger partial charge in [-0.1, -0.05) is 29.6 Å². The number of thiophene rings is 1. The molecule has 6 heteroatoms. The molecule has 2 N–H and O–H groups in total. The SMILES string of the molecule is CCOC(=O)CCCCC(N)c1cc(Cl)sc1Cl. The van der Waals surface area contributed by atoms with Crippen molar-refractivity contribution in [2.24, 2.45) is 5.73 Å². The second kappa shape index (κ2) is 8.00. The number of carbonyl (C=O) groups excluding carboxylic acids is 1. The molecule has 0 amide bonds. The Morgan fingerprint density at radius 1 is 1.50 bits per heavy atom. The van der Waals surface area contributed by atoms with E-state index in [9.17, 15) is 4.79 Å². The molecular formula is C12H17Cl2NO2S. The van der Waals surface area contributed by atoms with E-state index in [1.165, 1.54) is 11.3 Å². The van der Waals surface area contributed by atoms with Crippen LogP contribution in [0.15, 0.2) is 6.07 Å². The topological polar surface area (TPSA) is 52.3 Å². The van der Waals surface area contributed by atoms with Crippen molar-refractivity contribution in [1.82, 2.24) is 0 Å². The van der Waals surface area contributed by atoms with Crippen molar-refractivity contribution in [3.05, 3.63) is 20.3 Å². The van der Waals surface area contributed by atoms with Crippen LogP contribution in [0.25, 0.3) is 0 Å². The molecule has 0 aromatic carbocycles. The van der Waals surface area contributed by atoms with Gasteiger partial charge in [0, 0.05) is 12.5 Å². The van der Waals surface area contributed by atoms with Gasteiger partial charge in [-0.15, -0.1) is 11.3 Å². The highest BCUT2D eigenvalue weighted by Crippen LogP contribution is 2.35. The summed E-state index contributed by atoms with van der Waals surface area (Å²) in [5.41, 5.74) is 6.92. The molecule has 18 heavy (non-hydrogen) atoms. The summed E-state index contributed by atoms with van der Waals surface area (Å²) in [6.07, 6.45) is 2.87. The Balaban J connectivity index is 2.27. The molecule has 1 unspecified atom stereocenters. The summed E-state index contributed by atoms with van der Waals surface area (Å²) < 4.78 is 6.15. The maximum absolute atomic E-state index is 11.1. The van der Waals surface area contributed by atoms with Crippen LogP contribution in [0.2, 0.25) is 8.67 Å². The van der Waals surface area contributed by atoms with Gasteiger partial charge in [0.25, 0.3) is 0 Å². The average Bonchev–Trinajstić information content (AvgIpc) is 2.64. The molecule has 1 heterocycles. The third-order valence-electron chi connectivity index (χ3n) is 2.53. The second-order valence-electron chi connectivity index (χ2n) is 3.94. The van der Waals surface area contributed by atoms with Gasteiger partial charge in [0.1, 0.15) is 0 Å². The van der Waals surface area contributed by atoms with Gasteiger partial charge >= 0.3 is 5.97 Å². The fraction of sp³-hybridized carbons (Fsp3) is 0.583. The Hall–Kier alpha value is -0.290. The molecule has 1 rings (SSSR count). The van der Waals surface area contributed by atoms with Gasteiger partial charge in [-0.3, -0.25) is 4.79 Å². The van der Waals surface area contributed by atoms with Gasteiger partial charge in [-0.25, -0.2) is 0 Å². The standard InChI is InChI=1S/C12H17Cl2NO2S/c1-2-17-11(16)6-4-3-5-9(15)8-7-10(13)18-12(8)14/h7,9H,2-6,15H2,1H3. The number of carbonyl (C=O) groups is 1. The Morgan fingerprint density at radius 3 is 2.78 bits per heavy atom. The summed E-state index contributed by atoms with van der Waals surface area (Å²) in [5.74, 6) is -0.150. The number of nitrogens with two attached hydrogens (primary N) is 1.